The average molecular weight is 377 g/mol. The minimum atomic E-state index is -0.934. The Kier molecular flexibility index (Phi) is 5.23. The summed E-state index contributed by atoms with van der Waals surface area (Å²) in [6, 6.07) is 17.6. The van der Waals surface area contributed by atoms with E-state index < -0.39 is 5.60 Å². The molecule has 2 unspecified atom stereocenters. The van der Waals surface area contributed by atoms with Gasteiger partial charge in [0.15, 0.2) is 0 Å². The quantitative estimate of drug-likeness (QED) is 0.827. The Hall–Kier alpha value is -2.59. The van der Waals surface area contributed by atoms with Crippen LogP contribution >= 0.6 is 0 Å². The lowest BCUT2D eigenvalue weighted by molar-refractivity contribution is -0.0897. The van der Waals surface area contributed by atoms with E-state index in [4.69, 9.17) is 4.74 Å². The normalized spacial score (nSPS) is 26.5. The fourth-order valence-corrected chi connectivity index (χ4v) is 4.84. The molecule has 28 heavy (non-hydrogen) atoms. The number of nitrogens with zero attached hydrogens (tertiary/aromatic N) is 1. The van der Waals surface area contributed by atoms with Crippen LogP contribution < -0.4 is 0 Å². The average Bonchev–Trinajstić information content (AvgIpc) is 2.72. The molecule has 0 aliphatic carbocycles. The molecule has 2 fully saturated rings. The van der Waals surface area contributed by atoms with Gasteiger partial charge in [0.2, 0.25) is 0 Å². The molecule has 0 radical (unpaired) electrons. The summed E-state index contributed by atoms with van der Waals surface area (Å²) in [4.78, 5) is 14.7. The largest absolute Gasteiger partial charge is 0.445 e. The Bertz CT molecular complexity index is 834. The molecule has 2 atom stereocenters. The number of carbonyl (C=O) groups excluding carboxylic acids is 1. The molecule has 146 valence electrons. The number of carbonyl (C=O) groups is 1. The van der Waals surface area contributed by atoms with Crippen LogP contribution in [0.1, 0.15) is 48.8 Å². The van der Waals surface area contributed by atoms with Gasteiger partial charge >= 0.3 is 6.09 Å². The smallest absolute Gasteiger partial charge is 0.410 e. The van der Waals surface area contributed by atoms with E-state index in [9.17, 15) is 9.90 Å². The van der Waals surface area contributed by atoms with Crippen LogP contribution in [0.3, 0.4) is 0 Å². The van der Waals surface area contributed by atoms with E-state index in [1.54, 1.807) is 6.08 Å². The van der Waals surface area contributed by atoms with Gasteiger partial charge in [-0.15, -0.1) is 0 Å². The highest BCUT2D eigenvalue weighted by molar-refractivity contribution is 5.69. The van der Waals surface area contributed by atoms with Crippen molar-refractivity contribution in [3.8, 4) is 0 Å². The van der Waals surface area contributed by atoms with Crippen molar-refractivity contribution < 1.29 is 14.6 Å². The number of amides is 1. The van der Waals surface area contributed by atoms with Crippen molar-refractivity contribution in [1.82, 2.24) is 4.90 Å². The molecule has 2 saturated heterocycles. The summed E-state index contributed by atoms with van der Waals surface area (Å²) in [5.74, 6) is 0. The van der Waals surface area contributed by atoms with E-state index in [1.807, 2.05) is 59.5 Å². The van der Waals surface area contributed by atoms with Crippen LogP contribution in [0, 0.1) is 0 Å². The molecule has 2 bridgehead atoms. The zero-order chi connectivity index (χ0) is 19.6. The molecule has 2 aromatic rings. The molecule has 4 rings (SSSR count). The first-order valence-electron chi connectivity index (χ1n) is 10.0. The summed E-state index contributed by atoms with van der Waals surface area (Å²) in [7, 11) is 0. The zero-order valence-electron chi connectivity index (χ0n) is 16.1. The van der Waals surface area contributed by atoms with Crippen LogP contribution in [0.2, 0.25) is 0 Å². The summed E-state index contributed by atoms with van der Waals surface area (Å²) in [5, 5.41) is 11.5. The molecule has 0 saturated carbocycles. The Labute approximate surface area is 166 Å². The van der Waals surface area contributed by atoms with Gasteiger partial charge < -0.3 is 14.7 Å². The molecule has 2 heterocycles. The van der Waals surface area contributed by atoms with E-state index in [0.29, 0.717) is 12.8 Å². The van der Waals surface area contributed by atoms with E-state index in [2.05, 4.69) is 6.58 Å². The third kappa shape index (κ3) is 3.57. The van der Waals surface area contributed by atoms with Crippen LogP contribution in [0.15, 0.2) is 61.2 Å². The first-order valence-corrected chi connectivity index (χ1v) is 10.0. The molecule has 4 heteroatoms. The number of benzene rings is 2. The summed E-state index contributed by atoms with van der Waals surface area (Å²) in [6.45, 7) is 4.17. The lowest BCUT2D eigenvalue weighted by Gasteiger charge is -2.51. The number of aliphatic hydroxyl groups is 1. The predicted molar refractivity (Wildman–Crippen MR) is 110 cm³/mol. The molecule has 1 amide bonds. The van der Waals surface area contributed by atoms with Gasteiger partial charge in [-0.3, -0.25) is 0 Å². The standard InChI is InChI=1S/C24H27NO3/c1-2-19-11-6-7-14-22(19)24(27)15-20-12-8-13-21(16-24)25(20)23(26)28-17-18-9-4-3-5-10-18/h2-7,9-11,14,20-21,27H,1,8,12-13,15-17H2. The second-order valence-electron chi connectivity index (χ2n) is 7.92. The highest BCUT2D eigenvalue weighted by Gasteiger charge is 2.49. The SMILES string of the molecule is C=Cc1ccccc1C1(O)CC2CCCC(C1)N2C(=O)OCc1ccccc1. The summed E-state index contributed by atoms with van der Waals surface area (Å²) in [6.07, 6.45) is 5.48. The highest BCUT2D eigenvalue weighted by Crippen LogP contribution is 2.45. The molecule has 2 aliphatic rings. The van der Waals surface area contributed by atoms with E-state index in [0.717, 1.165) is 36.0 Å². The molecular formula is C24H27NO3. The number of rotatable bonds is 4. The summed E-state index contributed by atoms with van der Waals surface area (Å²) < 4.78 is 5.61. The van der Waals surface area contributed by atoms with E-state index >= 15 is 0 Å². The first-order chi connectivity index (χ1) is 13.6. The Morgan fingerprint density at radius 1 is 1.11 bits per heavy atom. The Morgan fingerprint density at radius 2 is 1.75 bits per heavy atom. The molecule has 0 spiro atoms. The van der Waals surface area contributed by atoms with Gasteiger partial charge in [0, 0.05) is 24.9 Å². The van der Waals surface area contributed by atoms with E-state index in [-0.39, 0.29) is 24.8 Å². The molecule has 0 aromatic heterocycles. The predicted octanol–water partition coefficient (Wildman–Crippen LogP) is 4.87. The van der Waals surface area contributed by atoms with Crippen LogP contribution in [0.5, 0.6) is 0 Å². The van der Waals surface area contributed by atoms with E-state index in [1.165, 1.54) is 0 Å². The molecular weight excluding hydrogens is 350 g/mol. The van der Waals surface area contributed by atoms with Gasteiger partial charge in [0.1, 0.15) is 6.61 Å². The fraction of sp³-hybridized carbons (Fsp3) is 0.375. The maximum atomic E-state index is 12.9. The monoisotopic (exact) mass is 377 g/mol. The first kappa shape index (κ1) is 18.8. The van der Waals surface area contributed by atoms with Gasteiger partial charge in [-0.1, -0.05) is 67.3 Å². The van der Waals surface area contributed by atoms with Crippen molar-refractivity contribution in [2.24, 2.45) is 0 Å². The zero-order valence-corrected chi connectivity index (χ0v) is 16.1. The Morgan fingerprint density at radius 3 is 2.43 bits per heavy atom. The van der Waals surface area contributed by atoms with Crippen LogP contribution in [0.4, 0.5) is 4.79 Å². The maximum absolute atomic E-state index is 12.9. The van der Waals surface area contributed by atoms with Crippen LogP contribution in [-0.2, 0) is 16.9 Å². The number of piperidine rings is 2. The highest BCUT2D eigenvalue weighted by atomic mass is 16.6. The van der Waals surface area contributed by atoms with Crippen molar-refractivity contribution in [1.29, 1.82) is 0 Å². The van der Waals surface area contributed by atoms with Crippen molar-refractivity contribution in [3.63, 3.8) is 0 Å². The minimum absolute atomic E-state index is 0.00125. The molecule has 4 nitrogen and oxygen atoms in total. The summed E-state index contributed by atoms with van der Waals surface area (Å²) in [5.41, 5.74) is 1.92. The maximum Gasteiger partial charge on any atom is 0.410 e. The number of fused-ring (bicyclic) bond motifs is 2. The number of ether oxygens (including phenoxy) is 1. The van der Waals surface area contributed by atoms with Gasteiger partial charge in [-0.25, -0.2) is 4.79 Å². The second-order valence-corrected chi connectivity index (χ2v) is 7.92. The Balaban J connectivity index is 1.52. The third-order valence-electron chi connectivity index (χ3n) is 6.11. The van der Waals surface area contributed by atoms with Crippen LogP contribution in [0.25, 0.3) is 6.08 Å². The topological polar surface area (TPSA) is 49.8 Å². The lowest BCUT2D eigenvalue weighted by atomic mass is 9.71. The number of hydrogen-bond acceptors (Lipinski definition) is 3. The molecule has 2 aromatic carbocycles. The second kappa shape index (κ2) is 7.80. The summed E-state index contributed by atoms with van der Waals surface area (Å²) >= 11 is 0. The minimum Gasteiger partial charge on any atom is -0.445 e. The van der Waals surface area contributed by atoms with Gasteiger partial charge in [-0.05, 0) is 36.0 Å². The molecule has 1 N–H and O–H groups in total. The van der Waals surface area contributed by atoms with Gasteiger partial charge in [-0.2, -0.15) is 0 Å². The van der Waals surface area contributed by atoms with Crippen molar-refractivity contribution in [2.75, 3.05) is 0 Å². The van der Waals surface area contributed by atoms with Gasteiger partial charge in [0.05, 0.1) is 5.60 Å². The van der Waals surface area contributed by atoms with Crippen molar-refractivity contribution in [2.45, 2.75) is 56.4 Å². The van der Waals surface area contributed by atoms with Crippen molar-refractivity contribution >= 4 is 12.2 Å². The van der Waals surface area contributed by atoms with Crippen LogP contribution in [-0.4, -0.2) is 28.2 Å². The lowest BCUT2D eigenvalue weighted by Crippen LogP contribution is -2.59. The fourth-order valence-electron chi connectivity index (χ4n) is 4.84. The number of hydrogen-bond donors (Lipinski definition) is 1. The third-order valence-corrected chi connectivity index (χ3v) is 6.11. The molecule has 2 aliphatic heterocycles. The van der Waals surface area contributed by atoms with Gasteiger partial charge in [0.25, 0.3) is 0 Å². The van der Waals surface area contributed by atoms with Crippen molar-refractivity contribution in [3.05, 3.63) is 77.9 Å².